The molecule has 41 heavy (non-hydrogen) atoms. The van der Waals surface area contributed by atoms with Crippen LogP contribution in [0.2, 0.25) is 0 Å². The first-order valence-electron chi connectivity index (χ1n) is 14.3. The van der Waals surface area contributed by atoms with Crippen molar-refractivity contribution < 1.29 is 23.8 Å². The molecule has 3 heterocycles. The number of carbonyl (C=O) groups excluding carboxylic acids is 2. The first-order chi connectivity index (χ1) is 20.1. The van der Waals surface area contributed by atoms with Crippen LogP contribution in [-0.2, 0) is 25.7 Å². The molecule has 0 radical (unpaired) electrons. The van der Waals surface area contributed by atoms with Gasteiger partial charge in [-0.15, -0.1) is 0 Å². The van der Waals surface area contributed by atoms with Gasteiger partial charge in [0.2, 0.25) is 5.91 Å². The lowest BCUT2D eigenvalue weighted by molar-refractivity contribution is -0.119. The molecule has 3 aromatic rings. The van der Waals surface area contributed by atoms with Gasteiger partial charge in [0.15, 0.2) is 0 Å². The first-order valence-corrected chi connectivity index (χ1v) is 14.3. The molecule has 8 heteroatoms. The lowest BCUT2D eigenvalue weighted by Gasteiger charge is -2.26. The Labute approximate surface area is 239 Å². The lowest BCUT2D eigenvalue weighted by atomic mass is 9.99. The Morgan fingerprint density at radius 1 is 1.05 bits per heavy atom. The van der Waals surface area contributed by atoms with Crippen LogP contribution >= 0.6 is 0 Å². The van der Waals surface area contributed by atoms with Crippen molar-refractivity contribution >= 4 is 34.5 Å². The standard InChI is InChI=1S/C33H33N3O5/c1-35(33(38)27-19-26(27)21-5-3-2-4-6-21)23-7-10-29-28(18-23)30(32(37)34-29)31-25-9-8-24(17-22(25)20-41-31)40-16-13-36-11-14-39-15-12-36/h2-10,17-18,26-27H,11-16,19-20H2,1H3,(H,34,37)/t26-,27+/m1/s1. The summed E-state index contributed by atoms with van der Waals surface area (Å²) < 4.78 is 17.5. The molecule has 3 aliphatic heterocycles. The smallest absolute Gasteiger partial charge is 0.260 e. The maximum absolute atomic E-state index is 13.3. The number of fused-ring (bicyclic) bond motifs is 2. The van der Waals surface area contributed by atoms with Crippen molar-refractivity contribution in [2.45, 2.75) is 18.9 Å². The number of hydrogen-bond donors (Lipinski definition) is 1. The molecular formula is C33H33N3O5. The number of rotatable bonds is 7. The van der Waals surface area contributed by atoms with E-state index in [4.69, 9.17) is 14.2 Å². The van der Waals surface area contributed by atoms with Crippen LogP contribution in [0.4, 0.5) is 11.4 Å². The van der Waals surface area contributed by atoms with E-state index in [-0.39, 0.29) is 23.7 Å². The molecule has 2 fully saturated rings. The summed E-state index contributed by atoms with van der Waals surface area (Å²) in [6, 6.07) is 21.8. The highest BCUT2D eigenvalue weighted by Gasteiger charge is 2.45. The third-order valence-corrected chi connectivity index (χ3v) is 8.50. The zero-order valence-corrected chi connectivity index (χ0v) is 23.1. The third kappa shape index (κ3) is 4.98. The van der Waals surface area contributed by atoms with E-state index in [0.717, 1.165) is 73.1 Å². The molecule has 210 valence electrons. The predicted octanol–water partition coefficient (Wildman–Crippen LogP) is 4.51. The largest absolute Gasteiger partial charge is 0.492 e. The van der Waals surface area contributed by atoms with E-state index in [9.17, 15) is 9.59 Å². The van der Waals surface area contributed by atoms with Crippen LogP contribution in [0, 0.1) is 5.92 Å². The SMILES string of the molecule is CN(C(=O)[C@H]1C[C@@H]1c1ccccc1)c1ccc2c(c1)C(=C1OCc3cc(OCCN4CCOCC4)ccc31)C(=O)N2. The van der Waals surface area contributed by atoms with Gasteiger partial charge >= 0.3 is 0 Å². The van der Waals surface area contributed by atoms with Crippen molar-refractivity contribution in [1.82, 2.24) is 4.90 Å². The molecule has 2 amide bonds. The summed E-state index contributed by atoms with van der Waals surface area (Å²) in [5, 5.41) is 2.97. The lowest BCUT2D eigenvalue weighted by Crippen LogP contribution is -2.38. The van der Waals surface area contributed by atoms with Gasteiger partial charge in [-0.1, -0.05) is 30.3 Å². The highest BCUT2D eigenvalue weighted by molar-refractivity contribution is 6.36. The molecule has 1 saturated carbocycles. The summed E-state index contributed by atoms with van der Waals surface area (Å²) in [6.45, 7) is 5.24. The molecule has 1 saturated heterocycles. The highest BCUT2D eigenvalue weighted by Crippen LogP contribution is 2.49. The Morgan fingerprint density at radius 2 is 1.88 bits per heavy atom. The van der Waals surface area contributed by atoms with Crippen LogP contribution in [0.1, 0.15) is 34.6 Å². The molecular weight excluding hydrogens is 518 g/mol. The molecule has 2 atom stereocenters. The van der Waals surface area contributed by atoms with Crippen molar-refractivity contribution in [3.05, 3.63) is 89.0 Å². The van der Waals surface area contributed by atoms with Crippen molar-refractivity contribution in [3.63, 3.8) is 0 Å². The van der Waals surface area contributed by atoms with E-state index in [0.29, 0.717) is 24.5 Å². The summed E-state index contributed by atoms with van der Waals surface area (Å²) >= 11 is 0. The number of carbonyl (C=O) groups is 2. The van der Waals surface area contributed by atoms with Gasteiger partial charge in [0.05, 0.1) is 18.8 Å². The van der Waals surface area contributed by atoms with Crippen LogP contribution in [0.15, 0.2) is 66.7 Å². The second-order valence-electron chi connectivity index (χ2n) is 11.1. The minimum absolute atomic E-state index is 0.0245. The molecule has 8 nitrogen and oxygen atoms in total. The van der Waals surface area contributed by atoms with E-state index < -0.39 is 0 Å². The van der Waals surface area contributed by atoms with Gasteiger partial charge in [0.25, 0.3) is 5.91 Å². The maximum Gasteiger partial charge on any atom is 0.260 e. The van der Waals surface area contributed by atoms with Crippen molar-refractivity contribution in [2.24, 2.45) is 5.92 Å². The van der Waals surface area contributed by atoms with E-state index in [1.54, 1.807) is 4.90 Å². The van der Waals surface area contributed by atoms with Crippen molar-refractivity contribution in [3.8, 4) is 5.75 Å². The number of ether oxygens (including phenoxy) is 3. The number of nitrogens with one attached hydrogen (secondary N) is 1. The van der Waals surface area contributed by atoms with E-state index in [2.05, 4.69) is 22.3 Å². The zero-order chi connectivity index (χ0) is 27.9. The predicted molar refractivity (Wildman–Crippen MR) is 157 cm³/mol. The highest BCUT2D eigenvalue weighted by atomic mass is 16.5. The first kappa shape index (κ1) is 25.8. The van der Waals surface area contributed by atoms with Crippen LogP contribution in [-0.4, -0.2) is 63.2 Å². The van der Waals surface area contributed by atoms with Crippen molar-refractivity contribution in [2.75, 3.05) is 56.7 Å². The Bertz CT molecular complexity index is 1530. The molecule has 0 aromatic heterocycles. The molecule has 0 unspecified atom stereocenters. The third-order valence-electron chi connectivity index (χ3n) is 8.50. The summed E-state index contributed by atoms with van der Waals surface area (Å²) in [6.07, 6.45) is 0.858. The molecule has 0 bridgehead atoms. The molecule has 0 spiro atoms. The second kappa shape index (κ2) is 10.7. The van der Waals surface area contributed by atoms with Gasteiger partial charge in [-0.2, -0.15) is 0 Å². The molecule has 1 aliphatic carbocycles. The topological polar surface area (TPSA) is 80.3 Å². The molecule has 4 aliphatic rings. The monoisotopic (exact) mass is 551 g/mol. The average Bonchev–Trinajstić information content (AvgIpc) is 3.61. The fourth-order valence-electron chi connectivity index (χ4n) is 6.05. The van der Waals surface area contributed by atoms with Gasteiger partial charge in [0.1, 0.15) is 24.7 Å². The molecule has 1 N–H and O–H groups in total. The van der Waals surface area contributed by atoms with Gasteiger partial charge in [-0.3, -0.25) is 14.5 Å². The van der Waals surface area contributed by atoms with Gasteiger partial charge in [0, 0.05) is 60.7 Å². The van der Waals surface area contributed by atoms with E-state index in [1.807, 2.05) is 61.6 Å². The number of nitrogens with zero attached hydrogens (tertiary/aromatic N) is 2. The summed E-state index contributed by atoms with van der Waals surface area (Å²) in [7, 11) is 1.81. The Balaban J connectivity index is 1.09. The Morgan fingerprint density at radius 3 is 2.71 bits per heavy atom. The number of hydrogen-bond acceptors (Lipinski definition) is 6. The quantitative estimate of drug-likeness (QED) is 0.435. The van der Waals surface area contributed by atoms with Crippen LogP contribution < -0.4 is 15.0 Å². The summed E-state index contributed by atoms with van der Waals surface area (Å²) in [5.74, 6) is 1.48. The van der Waals surface area contributed by atoms with Crippen molar-refractivity contribution in [1.29, 1.82) is 0 Å². The summed E-state index contributed by atoms with van der Waals surface area (Å²) in [4.78, 5) is 30.5. The van der Waals surface area contributed by atoms with Crippen LogP contribution in [0.3, 0.4) is 0 Å². The van der Waals surface area contributed by atoms with Gasteiger partial charge in [-0.25, -0.2) is 0 Å². The second-order valence-corrected chi connectivity index (χ2v) is 11.1. The summed E-state index contributed by atoms with van der Waals surface area (Å²) in [5.41, 5.74) is 5.80. The number of morpholine rings is 1. The average molecular weight is 552 g/mol. The Hall–Kier alpha value is -4.14. The Kier molecular flexibility index (Phi) is 6.73. The normalized spacial score (nSPS) is 22.9. The minimum atomic E-state index is -0.203. The van der Waals surface area contributed by atoms with E-state index >= 15 is 0 Å². The number of anilines is 2. The van der Waals surface area contributed by atoms with Gasteiger partial charge < -0.3 is 24.4 Å². The van der Waals surface area contributed by atoms with Crippen LogP contribution in [0.5, 0.6) is 5.75 Å². The zero-order valence-electron chi connectivity index (χ0n) is 23.1. The maximum atomic E-state index is 13.3. The van der Waals surface area contributed by atoms with Gasteiger partial charge in [-0.05, 0) is 54.3 Å². The van der Waals surface area contributed by atoms with E-state index in [1.165, 1.54) is 5.56 Å². The molecule has 7 rings (SSSR count). The number of amides is 2. The fraction of sp³-hybridized carbons (Fsp3) is 0.333. The fourth-order valence-corrected chi connectivity index (χ4v) is 6.05. The molecule has 3 aromatic carbocycles. The minimum Gasteiger partial charge on any atom is -0.492 e. The number of benzene rings is 3. The van der Waals surface area contributed by atoms with Crippen LogP contribution in [0.25, 0.3) is 11.3 Å².